The molecule has 2 atom stereocenters. The lowest BCUT2D eigenvalue weighted by molar-refractivity contribution is -0.157. The molecule has 0 radical (unpaired) electrons. The first-order chi connectivity index (χ1) is 7.88. The van der Waals surface area contributed by atoms with Crippen LogP contribution < -0.4 is 5.73 Å². The quantitative estimate of drug-likeness (QED) is 0.702. The van der Waals surface area contributed by atoms with E-state index in [0.29, 0.717) is 33.0 Å². The molecule has 5 nitrogen and oxygen atoms in total. The van der Waals surface area contributed by atoms with Crippen LogP contribution in [0.4, 0.5) is 0 Å². The van der Waals surface area contributed by atoms with E-state index in [1.165, 1.54) is 0 Å². The Hall–Kier alpha value is -0.650. The Bertz CT molecular complexity index is 319. The number of carbonyl (C=O) groups is 1. The second-order valence-corrected chi connectivity index (χ2v) is 5.86. The van der Waals surface area contributed by atoms with Gasteiger partial charge < -0.3 is 20.1 Å². The first-order valence-corrected chi connectivity index (χ1v) is 6.11. The van der Waals surface area contributed by atoms with E-state index in [1.54, 1.807) is 0 Å². The summed E-state index contributed by atoms with van der Waals surface area (Å²) in [5.41, 5.74) is 5.15. The number of carbonyl (C=O) groups excluding carboxylic acids is 1. The number of nitrogens with two attached hydrogens (primary N) is 1. The summed E-state index contributed by atoms with van der Waals surface area (Å²) in [6.07, 6.45) is 0. The Morgan fingerprint density at radius 3 is 2.53 bits per heavy atom. The van der Waals surface area contributed by atoms with E-state index in [4.69, 9.17) is 15.2 Å². The molecule has 1 amide bonds. The van der Waals surface area contributed by atoms with Gasteiger partial charge in [0.15, 0.2) is 0 Å². The van der Waals surface area contributed by atoms with Gasteiger partial charge >= 0.3 is 0 Å². The van der Waals surface area contributed by atoms with Crippen LogP contribution in [0.2, 0.25) is 0 Å². The third kappa shape index (κ3) is 2.07. The van der Waals surface area contributed by atoms with Crippen LogP contribution in [-0.2, 0) is 14.3 Å². The summed E-state index contributed by atoms with van der Waals surface area (Å²) in [6, 6.07) is -0.214. The standard InChI is InChI=1S/C12H22N2O3/c1-11(2)7-16-5-4-14(11)10(15)12(3)8-17-6-9(12)13/h9H,4-8,13H2,1-3H3. The van der Waals surface area contributed by atoms with Crippen molar-refractivity contribution in [3.05, 3.63) is 0 Å². The highest BCUT2D eigenvalue weighted by Gasteiger charge is 2.49. The Morgan fingerprint density at radius 1 is 1.29 bits per heavy atom. The lowest BCUT2D eigenvalue weighted by Gasteiger charge is -2.45. The van der Waals surface area contributed by atoms with Gasteiger partial charge in [-0.05, 0) is 20.8 Å². The van der Waals surface area contributed by atoms with Crippen molar-refractivity contribution in [1.29, 1.82) is 0 Å². The molecule has 2 fully saturated rings. The third-order valence-corrected chi connectivity index (χ3v) is 3.90. The molecule has 0 aliphatic carbocycles. The zero-order chi connectivity index (χ0) is 12.7. The maximum Gasteiger partial charge on any atom is 0.233 e. The van der Waals surface area contributed by atoms with Gasteiger partial charge in [0.05, 0.1) is 37.4 Å². The molecule has 2 heterocycles. The number of hydrogen-bond donors (Lipinski definition) is 1. The second kappa shape index (κ2) is 4.23. The van der Waals surface area contributed by atoms with Crippen LogP contribution in [0.5, 0.6) is 0 Å². The fourth-order valence-corrected chi connectivity index (χ4v) is 2.45. The molecule has 17 heavy (non-hydrogen) atoms. The predicted octanol–water partition coefficient (Wildman–Crippen LogP) is -0.0124. The van der Waals surface area contributed by atoms with Gasteiger partial charge in [0.2, 0.25) is 5.91 Å². The number of morpholine rings is 1. The Morgan fingerprint density at radius 2 is 2.00 bits per heavy atom. The van der Waals surface area contributed by atoms with Gasteiger partial charge in [-0.15, -0.1) is 0 Å². The Balaban J connectivity index is 2.19. The monoisotopic (exact) mass is 242 g/mol. The fourth-order valence-electron chi connectivity index (χ4n) is 2.45. The molecule has 0 saturated carbocycles. The van der Waals surface area contributed by atoms with Crippen molar-refractivity contribution >= 4 is 5.91 Å². The molecule has 0 aromatic heterocycles. The maximum atomic E-state index is 12.7. The predicted molar refractivity (Wildman–Crippen MR) is 63.5 cm³/mol. The normalized spacial score (nSPS) is 37.2. The van der Waals surface area contributed by atoms with Gasteiger partial charge in [0.1, 0.15) is 0 Å². The minimum absolute atomic E-state index is 0.0933. The lowest BCUT2D eigenvalue weighted by Crippen LogP contribution is -2.61. The summed E-state index contributed by atoms with van der Waals surface area (Å²) < 4.78 is 10.8. The van der Waals surface area contributed by atoms with Crippen LogP contribution >= 0.6 is 0 Å². The zero-order valence-corrected chi connectivity index (χ0v) is 10.9. The van der Waals surface area contributed by atoms with Crippen LogP contribution in [0.15, 0.2) is 0 Å². The SMILES string of the molecule is CC1(C(=O)N2CCOCC2(C)C)COCC1N. The van der Waals surface area contributed by atoms with Crippen LogP contribution in [0.3, 0.4) is 0 Å². The molecule has 0 aromatic rings. The van der Waals surface area contributed by atoms with Crippen LogP contribution in [0.1, 0.15) is 20.8 Å². The first-order valence-electron chi connectivity index (χ1n) is 6.11. The van der Waals surface area contributed by atoms with E-state index >= 15 is 0 Å². The third-order valence-electron chi connectivity index (χ3n) is 3.90. The van der Waals surface area contributed by atoms with Gasteiger partial charge in [-0.1, -0.05) is 0 Å². The average molecular weight is 242 g/mol. The van der Waals surface area contributed by atoms with Crippen molar-refractivity contribution in [2.24, 2.45) is 11.1 Å². The summed E-state index contributed by atoms with van der Waals surface area (Å²) in [5.74, 6) is 0.0933. The number of nitrogens with zero attached hydrogens (tertiary/aromatic N) is 1. The highest BCUT2D eigenvalue weighted by atomic mass is 16.5. The van der Waals surface area contributed by atoms with Crippen molar-refractivity contribution in [3.8, 4) is 0 Å². The molecule has 2 aliphatic heterocycles. The van der Waals surface area contributed by atoms with E-state index in [2.05, 4.69) is 0 Å². The maximum absolute atomic E-state index is 12.7. The van der Waals surface area contributed by atoms with Crippen molar-refractivity contribution in [3.63, 3.8) is 0 Å². The minimum atomic E-state index is -0.589. The molecule has 5 heteroatoms. The summed E-state index contributed by atoms with van der Waals surface area (Å²) in [5, 5.41) is 0. The lowest BCUT2D eigenvalue weighted by atomic mass is 9.82. The molecule has 2 aliphatic rings. The van der Waals surface area contributed by atoms with Gasteiger partial charge in [0, 0.05) is 12.6 Å². The van der Waals surface area contributed by atoms with E-state index in [0.717, 1.165) is 0 Å². The minimum Gasteiger partial charge on any atom is -0.379 e. The van der Waals surface area contributed by atoms with Gasteiger partial charge in [-0.3, -0.25) is 4.79 Å². The molecular weight excluding hydrogens is 220 g/mol. The topological polar surface area (TPSA) is 64.8 Å². The highest BCUT2D eigenvalue weighted by Crippen LogP contribution is 2.33. The summed E-state index contributed by atoms with van der Waals surface area (Å²) in [6.45, 7) is 8.63. The number of rotatable bonds is 1. The smallest absolute Gasteiger partial charge is 0.233 e. The molecule has 0 bridgehead atoms. The fraction of sp³-hybridized carbons (Fsp3) is 0.917. The van der Waals surface area contributed by atoms with Crippen molar-refractivity contribution in [2.75, 3.05) is 33.0 Å². The molecule has 0 spiro atoms. The van der Waals surface area contributed by atoms with Gasteiger partial charge in [-0.25, -0.2) is 0 Å². The summed E-state index contributed by atoms with van der Waals surface area (Å²) in [7, 11) is 0. The molecule has 2 N–H and O–H groups in total. The van der Waals surface area contributed by atoms with Gasteiger partial charge in [-0.2, -0.15) is 0 Å². The van der Waals surface area contributed by atoms with Gasteiger partial charge in [0.25, 0.3) is 0 Å². The number of ether oxygens (including phenoxy) is 2. The van der Waals surface area contributed by atoms with Crippen LogP contribution in [0, 0.1) is 5.41 Å². The van der Waals surface area contributed by atoms with E-state index in [1.807, 2.05) is 25.7 Å². The molecular formula is C12H22N2O3. The first kappa shape index (κ1) is 12.8. The van der Waals surface area contributed by atoms with E-state index in [9.17, 15) is 4.79 Å². The Labute approximate surface area is 102 Å². The molecule has 2 saturated heterocycles. The molecule has 2 unspecified atom stereocenters. The summed E-state index contributed by atoms with van der Waals surface area (Å²) >= 11 is 0. The molecule has 98 valence electrons. The van der Waals surface area contributed by atoms with Crippen molar-refractivity contribution in [1.82, 2.24) is 4.90 Å². The summed E-state index contributed by atoms with van der Waals surface area (Å²) in [4.78, 5) is 14.6. The number of amides is 1. The van der Waals surface area contributed by atoms with E-state index < -0.39 is 5.41 Å². The largest absolute Gasteiger partial charge is 0.379 e. The second-order valence-electron chi connectivity index (χ2n) is 5.86. The van der Waals surface area contributed by atoms with Crippen molar-refractivity contribution < 1.29 is 14.3 Å². The molecule has 0 aromatic carbocycles. The Kier molecular flexibility index (Phi) is 3.18. The van der Waals surface area contributed by atoms with E-state index in [-0.39, 0.29) is 17.5 Å². The zero-order valence-electron chi connectivity index (χ0n) is 10.9. The van der Waals surface area contributed by atoms with Crippen LogP contribution in [-0.4, -0.2) is 55.4 Å². The van der Waals surface area contributed by atoms with Crippen molar-refractivity contribution in [2.45, 2.75) is 32.4 Å². The highest BCUT2D eigenvalue weighted by molar-refractivity contribution is 5.84. The number of hydrogen-bond acceptors (Lipinski definition) is 4. The average Bonchev–Trinajstić information content (AvgIpc) is 2.59. The van der Waals surface area contributed by atoms with Crippen LogP contribution in [0.25, 0.3) is 0 Å². The molecule has 2 rings (SSSR count).